The minimum absolute atomic E-state index is 0.0629. The summed E-state index contributed by atoms with van der Waals surface area (Å²) in [5.74, 6) is 0.407. The van der Waals surface area contributed by atoms with Gasteiger partial charge in [0.15, 0.2) is 17.5 Å². The summed E-state index contributed by atoms with van der Waals surface area (Å²) in [4.78, 5) is 3.61. The van der Waals surface area contributed by atoms with Crippen molar-refractivity contribution in [3.63, 3.8) is 0 Å². The quantitative estimate of drug-likeness (QED) is 0.610. The summed E-state index contributed by atoms with van der Waals surface area (Å²) in [7, 11) is 1.48. The van der Waals surface area contributed by atoms with Gasteiger partial charge >= 0.3 is 0 Å². The van der Waals surface area contributed by atoms with Crippen molar-refractivity contribution in [2.24, 2.45) is 0 Å². The van der Waals surface area contributed by atoms with Crippen molar-refractivity contribution >= 4 is 5.82 Å². The molecule has 1 rings (SSSR count). The molecule has 5 heteroatoms. The summed E-state index contributed by atoms with van der Waals surface area (Å²) >= 11 is 0. The molecule has 0 bridgehead atoms. The minimum Gasteiger partial charge on any atom is -0.475 e. The molecule has 0 atom stereocenters. The van der Waals surface area contributed by atoms with Gasteiger partial charge in [-0.05, 0) is 0 Å². The van der Waals surface area contributed by atoms with Crippen LogP contribution in [0.2, 0.25) is 0 Å². The average Bonchev–Trinajstić information content (AvgIpc) is 2.21. The van der Waals surface area contributed by atoms with Crippen LogP contribution in [0.1, 0.15) is 6.42 Å². The van der Waals surface area contributed by atoms with Crippen molar-refractivity contribution in [2.75, 3.05) is 19.0 Å². The Kier molecular flexibility index (Phi) is 3.86. The number of pyridine rings is 1. The Labute approximate surface area is 86.5 Å². The lowest BCUT2D eigenvalue weighted by Gasteiger charge is -2.07. The first-order valence-corrected chi connectivity index (χ1v) is 4.29. The summed E-state index contributed by atoms with van der Waals surface area (Å²) in [5.41, 5.74) is 0. The average molecular weight is 212 g/mol. The van der Waals surface area contributed by atoms with Crippen molar-refractivity contribution < 1.29 is 13.5 Å². The van der Waals surface area contributed by atoms with Crippen LogP contribution in [0.3, 0.4) is 0 Å². The predicted molar refractivity (Wildman–Crippen MR) is 52.6 cm³/mol. The van der Waals surface area contributed by atoms with Crippen LogP contribution in [-0.4, -0.2) is 18.6 Å². The summed E-state index contributed by atoms with van der Waals surface area (Å²) in [6.45, 7) is 0.148. The van der Waals surface area contributed by atoms with E-state index in [1.165, 1.54) is 7.05 Å². The van der Waals surface area contributed by atoms with Crippen molar-refractivity contribution in [2.45, 2.75) is 6.42 Å². The molecule has 0 unspecified atom stereocenters. The van der Waals surface area contributed by atoms with Crippen molar-refractivity contribution in [3.05, 3.63) is 17.7 Å². The van der Waals surface area contributed by atoms with E-state index in [-0.39, 0.29) is 18.3 Å². The monoisotopic (exact) mass is 212 g/mol. The van der Waals surface area contributed by atoms with Gasteiger partial charge in [-0.25, -0.2) is 8.78 Å². The van der Waals surface area contributed by atoms with Crippen LogP contribution in [0, 0.1) is 24.0 Å². The van der Waals surface area contributed by atoms with E-state index in [0.29, 0.717) is 12.5 Å². The van der Waals surface area contributed by atoms with Crippen LogP contribution in [0.25, 0.3) is 0 Å². The Bertz CT molecular complexity index is 388. The molecule has 0 aromatic carbocycles. The number of ether oxygens (including phenoxy) is 1. The highest BCUT2D eigenvalue weighted by Gasteiger charge is 2.11. The van der Waals surface area contributed by atoms with Crippen molar-refractivity contribution in [1.82, 2.24) is 4.98 Å². The first-order valence-electron chi connectivity index (χ1n) is 4.29. The van der Waals surface area contributed by atoms with Crippen LogP contribution in [0.15, 0.2) is 6.07 Å². The summed E-state index contributed by atoms with van der Waals surface area (Å²) < 4.78 is 31.0. The van der Waals surface area contributed by atoms with Gasteiger partial charge in [0.05, 0.1) is 0 Å². The smallest absolute Gasteiger partial charge is 0.252 e. The molecule has 0 aliphatic heterocycles. The fourth-order valence-corrected chi connectivity index (χ4v) is 0.933. The molecule has 0 radical (unpaired) electrons. The van der Waals surface area contributed by atoms with Gasteiger partial charge in [0, 0.05) is 19.5 Å². The molecular weight excluding hydrogens is 202 g/mol. The molecule has 0 fully saturated rings. The van der Waals surface area contributed by atoms with Crippen LogP contribution in [0.5, 0.6) is 5.88 Å². The van der Waals surface area contributed by atoms with Crippen LogP contribution >= 0.6 is 0 Å². The molecule has 1 heterocycles. The van der Waals surface area contributed by atoms with E-state index in [4.69, 9.17) is 11.2 Å². The summed E-state index contributed by atoms with van der Waals surface area (Å²) in [6.07, 6.45) is 5.34. The molecule has 1 aromatic rings. The molecular formula is C10H10F2N2O. The fraction of sp³-hybridized carbons (Fsp3) is 0.300. The summed E-state index contributed by atoms with van der Waals surface area (Å²) in [6, 6.07) is 0.712. The summed E-state index contributed by atoms with van der Waals surface area (Å²) in [5, 5.41) is 2.48. The van der Waals surface area contributed by atoms with Crippen LogP contribution in [-0.2, 0) is 0 Å². The number of hydrogen-bond donors (Lipinski definition) is 1. The molecule has 0 saturated heterocycles. The van der Waals surface area contributed by atoms with Gasteiger partial charge in [-0.3, -0.25) is 0 Å². The second-order valence-corrected chi connectivity index (χ2v) is 2.66. The molecule has 80 valence electrons. The zero-order valence-electron chi connectivity index (χ0n) is 8.18. The maximum Gasteiger partial charge on any atom is 0.252 e. The standard InChI is InChI=1S/C10H10F2N2O/c1-3-4-5-15-10-8(12)6-7(11)9(13-2)14-10/h1,6H,4-5H2,2H3,(H,13,14). The van der Waals surface area contributed by atoms with E-state index < -0.39 is 11.6 Å². The van der Waals surface area contributed by atoms with E-state index >= 15 is 0 Å². The minimum atomic E-state index is -0.844. The van der Waals surface area contributed by atoms with Crippen molar-refractivity contribution in [3.8, 4) is 18.2 Å². The van der Waals surface area contributed by atoms with E-state index in [0.717, 1.165) is 0 Å². The third-order valence-electron chi connectivity index (χ3n) is 1.62. The molecule has 0 aliphatic rings. The molecule has 0 amide bonds. The van der Waals surface area contributed by atoms with Gasteiger partial charge in [0.25, 0.3) is 5.88 Å². The fourth-order valence-electron chi connectivity index (χ4n) is 0.933. The first-order chi connectivity index (χ1) is 7.19. The molecule has 1 N–H and O–H groups in total. The Morgan fingerprint density at radius 2 is 2.27 bits per heavy atom. The Balaban J connectivity index is 2.83. The van der Waals surface area contributed by atoms with E-state index in [1.807, 2.05) is 0 Å². The lowest BCUT2D eigenvalue weighted by atomic mass is 10.4. The number of anilines is 1. The topological polar surface area (TPSA) is 34.1 Å². The number of aromatic nitrogens is 1. The highest BCUT2D eigenvalue weighted by Crippen LogP contribution is 2.20. The van der Waals surface area contributed by atoms with Gasteiger partial charge in [-0.1, -0.05) is 0 Å². The second-order valence-electron chi connectivity index (χ2n) is 2.66. The predicted octanol–water partition coefficient (Wildman–Crippen LogP) is 1.80. The Morgan fingerprint density at radius 1 is 1.53 bits per heavy atom. The van der Waals surface area contributed by atoms with Gasteiger partial charge in [0.2, 0.25) is 0 Å². The molecule has 0 spiro atoms. The number of terminal acetylenes is 1. The Morgan fingerprint density at radius 3 is 2.87 bits per heavy atom. The highest BCUT2D eigenvalue weighted by atomic mass is 19.1. The molecule has 15 heavy (non-hydrogen) atoms. The molecule has 1 aromatic heterocycles. The lowest BCUT2D eigenvalue weighted by molar-refractivity contribution is 0.295. The number of halogens is 2. The molecule has 3 nitrogen and oxygen atoms in total. The zero-order valence-corrected chi connectivity index (χ0v) is 8.18. The van der Waals surface area contributed by atoms with Gasteiger partial charge in [0.1, 0.15) is 6.61 Å². The highest BCUT2D eigenvalue weighted by molar-refractivity contribution is 5.38. The third kappa shape index (κ3) is 2.81. The molecule has 0 saturated carbocycles. The van der Waals surface area contributed by atoms with E-state index in [9.17, 15) is 8.78 Å². The van der Waals surface area contributed by atoms with E-state index in [2.05, 4.69) is 16.2 Å². The molecule has 0 aliphatic carbocycles. The third-order valence-corrected chi connectivity index (χ3v) is 1.62. The maximum absolute atomic E-state index is 13.1. The Hall–Kier alpha value is -1.83. The maximum atomic E-state index is 13.1. The van der Waals surface area contributed by atoms with Gasteiger partial charge < -0.3 is 10.1 Å². The van der Waals surface area contributed by atoms with Gasteiger partial charge in [-0.15, -0.1) is 12.3 Å². The number of nitrogens with zero attached hydrogens (tertiary/aromatic N) is 1. The lowest BCUT2D eigenvalue weighted by Crippen LogP contribution is -2.04. The van der Waals surface area contributed by atoms with Crippen LogP contribution in [0.4, 0.5) is 14.6 Å². The number of nitrogens with one attached hydrogen (secondary N) is 1. The van der Waals surface area contributed by atoms with E-state index in [1.54, 1.807) is 0 Å². The number of hydrogen-bond acceptors (Lipinski definition) is 3. The zero-order chi connectivity index (χ0) is 11.3. The number of rotatable bonds is 4. The first kappa shape index (κ1) is 11.2. The second kappa shape index (κ2) is 5.15. The SMILES string of the molecule is C#CCCOc1nc(NC)c(F)cc1F. The van der Waals surface area contributed by atoms with Crippen molar-refractivity contribution in [1.29, 1.82) is 0 Å². The normalized spacial score (nSPS) is 9.47. The van der Waals surface area contributed by atoms with Crippen LogP contribution < -0.4 is 10.1 Å². The van der Waals surface area contributed by atoms with Gasteiger partial charge in [-0.2, -0.15) is 4.98 Å². The largest absolute Gasteiger partial charge is 0.475 e.